The summed E-state index contributed by atoms with van der Waals surface area (Å²) < 4.78 is 6.92. The Morgan fingerprint density at radius 3 is 2.84 bits per heavy atom. The van der Waals surface area contributed by atoms with Crippen molar-refractivity contribution in [1.82, 2.24) is 19.7 Å². The van der Waals surface area contributed by atoms with Crippen molar-refractivity contribution < 1.29 is 9.53 Å². The van der Waals surface area contributed by atoms with E-state index in [1.54, 1.807) is 22.9 Å². The first-order chi connectivity index (χ1) is 12.0. The molecule has 0 spiro atoms. The lowest BCUT2D eigenvalue weighted by Gasteiger charge is -2.21. The Kier molecular flexibility index (Phi) is 4.90. The summed E-state index contributed by atoms with van der Waals surface area (Å²) in [6.45, 7) is 5.57. The average Bonchev–Trinajstić information content (AvgIpc) is 3.14. The summed E-state index contributed by atoms with van der Waals surface area (Å²) in [5, 5.41) is 5.28. The Morgan fingerprint density at radius 2 is 2.16 bits per heavy atom. The summed E-state index contributed by atoms with van der Waals surface area (Å²) in [4.78, 5) is 18.2. The number of aromatic amines is 1. The Morgan fingerprint density at radius 1 is 1.36 bits per heavy atom. The van der Waals surface area contributed by atoms with Crippen LogP contribution in [-0.2, 0) is 18.3 Å². The van der Waals surface area contributed by atoms with E-state index in [-0.39, 0.29) is 5.91 Å². The molecule has 0 unspecified atom stereocenters. The van der Waals surface area contributed by atoms with E-state index in [1.807, 2.05) is 32.3 Å². The minimum atomic E-state index is -0.0211. The van der Waals surface area contributed by atoms with Crippen LogP contribution in [0, 0.1) is 13.8 Å². The average molecular weight is 340 g/mol. The van der Waals surface area contributed by atoms with E-state index in [4.69, 9.17) is 4.74 Å². The van der Waals surface area contributed by atoms with Gasteiger partial charge in [0.1, 0.15) is 5.69 Å². The molecule has 0 saturated heterocycles. The summed E-state index contributed by atoms with van der Waals surface area (Å²) >= 11 is 0. The second-order valence-corrected chi connectivity index (χ2v) is 6.42. The maximum absolute atomic E-state index is 13.1. The number of H-pyrrole nitrogens is 1. The van der Waals surface area contributed by atoms with E-state index in [0.717, 1.165) is 22.0 Å². The number of carbonyl (C=O) groups excluding carboxylic acids is 1. The van der Waals surface area contributed by atoms with Crippen LogP contribution in [0.25, 0.3) is 10.9 Å². The SMILES string of the molecule is COCCN(Cc1cnn(C)c1)C(=O)c1[nH]c2ccc(C)cc2c1C. The van der Waals surface area contributed by atoms with Gasteiger partial charge in [-0.1, -0.05) is 11.6 Å². The predicted octanol–water partition coefficient (Wildman–Crippen LogP) is 2.81. The van der Waals surface area contributed by atoms with Gasteiger partial charge in [0.25, 0.3) is 5.91 Å². The zero-order valence-electron chi connectivity index (χ0n) is 15.2. The number of hydrogen-bond donors (Lipinski definition) is 1. The van der Waals surface area contributed by atoms with Crippen molar-refractivity contribution in [2.24, 2.45) is 7.05 Å². The number of nitrogens with one attached hydrogen (secondary N) is 1. The zero-order chi connectivity index (χ0) is 18.0. The molecular formula is C19H24N4O2. The van der Waals surface area contributed by atoms with Gasteiger partial charge in [-0.05, 0) is 31.5 Å². The number of carbonyl (C=O) groups is 1. The Labute approximate surface area is 147 Å². The summed E-state index contributed by atoms with van der Waals surface area (Å²) in [5.74, 6) is -0.0211. The van der Waals surface area contributed by atoms with Gasteiger partial charge in [0.2, 0.25) is 0 Å². The molecule has 0 radical (unpaired) electrons. The summed E-state index contributed by atoms with van der Waals surface area (Å²) in [5.41, 5.74) is 4.79. The van der Waals surface area contributed by atoms with Crippen LogP contribution in [0.2, 0.25) is 0 Å². The highest BCUT2D eigenvalue weighted by atomic mass is 16.5. The molecule has 6 heteroatoms. The Bertz CT molecular complexity index is 894. The molecule has 0 atom stereocenters. The molecule has 2 heterocycles. The number of ether oxygens (including phenoxy) is 1. The van der Waals surface area contributed by atoms with E-state index < -0.39 is 0 Å². The molecule has 1 aromatic carbocycles. The van der Waals surface area contributed by atoms with Gasteiger partial charge in [-0.15, -0.1) is 0 Å². The highest BCUT2D eigenvalue weighted by Gasteiger charge is 2.21. The molecule has 0 saturated carbocycles. The molecular weight excluding hydrogens is 316 g/mol. The van der Waals surface area contributed by atoms with Crippen molar-refractivity contribution in [1.29, 1.82) is 0 Å². The lowest BCUT2D eigenvalue weighted by molar-refractivity contribution is 0.0675. The van der Waals surface area contributed by atoms with Gasteiger partial charge in [0, 0.05) is 49.9 Å². The molecule has 132 valence electrons. The molecule has 0 fully saturated rings. The zero-order valence-corrected chi connectivity index (χ0v) is 15.2. The van der Waals surface area contributed by atoms with Gasteiger partial charge in [-0.3, -0.25) is 9.48 Å². The maximum atomic E-state index is 13.1. The number of nitrogens with zero attached hydrogens (tertiary/aromatic N) is 3. The Balaban J connectivity index is 1.92. The van der Waals surface area contributed by atoms with Gasteiger partial charge in [0.05, 0.1) is 12.8 Å². The van der Waals surface area contributed by atoms with Gasteiger partial charge in [-0.2, -0.15) is 5.10 Å². The van der Waals surface area contributed by atoms with Gasteiger partial charge < -0.3 is 14.6 Å². The topological polar surface area (TPSA) is 63.1 Å². The van der Waals surface area contributed by atoms with Gasteiger partial charge in [-0.25, -0.2) is 0 Å². The summed E-state index contributed by atoms with van der Waals surface area (Å²) in [7, 11) is 3.51. The third kappa shape index (κ3) is 3.58. The number of hydrogen-bond acceptors (Lipinski definition) is 3. The molecule has 0 aliphatic carbocycles. The number of amides is 1. The normalized spacial score (nSPS) is 11.2. The number of aryl methyl sites for hydroxylation is 3. The van der Waals surface area contributed by atoms with Crippen molar-refractivity contribution in [3.8, 4) is 0 Å². The standard InChI is InChI=1S/C19H24N4O2/c1-13-5-6-17-16(9-13)14(2)18(21-17)19(24)23(7-8-25-4)12-15-10-20-22(3)11-15/h5-6,9-11,21H,7-8,12H2,1-4H3. The smallest absolute Gasteiger partial charge is 0.270 e. The highest BCUT2D eigenvalue weighted by molar-refractivity contribution is 6.01. The van der Waals surface area contributed by atoms with Crippen LogP contribution in [0.3, 0.4) is 0 Å². The van der Waals surface area contributed by atoms with Crippen LogP contribution in [-0.4, -0.2) is 45.8 Å². The largest absolute Gasteiger partial charge is 0.383 e. The van der Waals surface area contributed by atoms with Gasteiger partial charge in [0.15, 0.2) is 0 Å². The lowest BCUT2D eigenvalue weighted by atomic mass is 10.1. The molecule has 6 nitrogen and oxygen atoms in total. The number of aromatic nitrogens is 3. The van der Waals surface area contributed by atoms with Crippen molar-refractivity contribution in [2.75, 3.05) is 20.3 Å². The van der Waals surface area contributed by atoms with Crippen LogP contribution < -0.4 is 0 Å². The number of rotatable bonds is 6. The molecule has 3 aromatic rings. The monoisotopic (exact) mass is 340 g/mol. The molecule has 0 aliphatic heterocycles. The first-order valence-corrected chi connectivity index (χ1v) is 8.34. The molecule has 25 heavy (non-hydrogen) atoms. The van der Waals surface area contributed by atoms with E-state index in [1.165, 1.54) is 5.56 Å². The second kappa shape index (κ2) is 7.11. The molecule has 1 amide bonds. The second-order valence-electron chi connectivity index (χ2n) is 6.42. The van der Waals surface area contributed by atoms with Crippen molar-refractivity contribution in [3.63, 3.8) is 0 Å². The van der Waals surface area contributed by atoms with Crippen molar-refractivity contribution in [2.45, 2.75) is 20.4 Å². The number of benzene rings is 1. The Hall–Kier alpha value is -2.60. The molecule has 1 N–H and O–H groups in total. The minimum absolute atomic E-state index is 0.0211. The lowest BCUT2D eigenvalue weighted by Crippen LogP contribution is -2.34. The van der Waals surface area contributed by atoms with E-state index in [2.05, 4.69) is 23.1 Å². The molecule has 0 aliphatic rings. The van der Waals surface area contributed by atoms with Crippen molar-refractivity contribution in [3.05, 3.63) is 53.0 Å². The molecule has 0 bridgehead atoms. The highest BCUT2D eigenvalue weighted by Crippen LogP contribution is 2.24. The maximum Gasteiger partial charge on any atom is 0.270 e. The van der Waals surface area contributed by atoms with Crippen molar-refractivity contribution >= 4 is 16.8 Å². The van der Waals surface area contributed by atoms with Crippen LogP contribution in [0.5, 0.6) is 0 Å². The fraction of sp³-hybridized carbons (Fsp3) is 0.368. The van der Waals surface area contributed by atoms with Crippen LogP contribution in [0.15, 0.2) is 30.6 Å². The number of methoxy groups -OCH3 is 1. The third-order valence-corrected chi connectivity index (χ3v) is 4.41. The van der Waals surface area contributed by atoms with E-state index in [0.29, 0.717) is 25.4 Å². The quantitative estimate of drug-likeness (QED) is 0.750. The summed E-state index contributed by atoms with van der Waals surface area (Å²) in [6, 6.07) is 6.18. The fourth-order valence-electron chi connectivity index (χ4n) is 3.04. The summed E-state index contributed by atoms with van der Waals surface area (Å²) in [6.07, 6.45) is 3.71. The third-order valence-electron chi connectivity index (χ3n) is 4.41. The fourth-order valence-corrected chi connectivity index (χ4v) is 3.04. The first-order valence-electron chi connectivity index (χ1n) is 8.34. The van der Waals surface area contributed by atoms with E-state index in [9.17, 15) is 4.79 Å². The first kappa shape index (κ1) is 17.2. The minimum Gasteiger partial charge on any atom is -0.383 e. The number of fused-ring (bicyclic) bond motifs is 1. The van der Waals surface area contributed by atoms with Crippen LogP contribution in [0.4, 0.5) is 0 Å². The van der Waals surface area contributed by atoms with E-state index >= 15 is 0 Å². The molecule has 2 aromatic heterocycles. The molecule has 3 rings (SSSR count). The van der Waals surface area contributed by atoms with Crippen LogP contribution in [0.1, 0.15) is 27.2 Å². The predicted molar refractivity (Wildman–Crippen MR) is 97.6 cm³/mol. The van der Waals surface area contributed by atoms with Gasteiger partial charge >= 0.3 is 0 Å². The van der Waals surface area contributed by atoms with Crippen LogP contribution >= 0.6 is 0 Å².